The zero-order valence-electron chi connectivity index (χ0n) is 13.3. The van der Waals surface area contributed by atoms with Gasteiger partial charge in [0.2, 0.25) is 0 Å². The van der Waals surface area contributed by atoms with Crippen LogP contribution < -0.4 is 10.1 Å². The Morgan fingerprint density at radius 1 is 1.13 bits per heavy atom. The molecule has 23 heavy (non-hydrogen) atoms. The number of carbonyl (C=O) groups is 1. The van der Waals surface area contributed by atoms with Crippen LogP contribution in [-0.4, -0.2) is 18.6 Å². The Morgan fingerprint density at radius 2 is 1.83 bits per heavy atom. The van der Waals surface area contributed by atoms with Crippen molar-refractivity contribution in [2.75, 3.05) is 6.54 Å². The van der Waals surface area contributed by atoms with Crippen LogP contribution in [0.1, 0.15) is 25.3 Å². The van der Waals surface area contributed by atoms with Crippen molar-refractivity contribution in [3.8, 4) is 5.75 Å². The van der Waals surface area contributed by atoms with Crippen molar-refractivity contribution in [3.05, 3.63) is 65.2 Å². The predicted octanol–water partition coefficient (Wildman–Crippen LogP) is 4.25. The van der Waals surface area contributed by atoms with Gasteiger partial charge in [-0.3, -0.25) is 4.79 Å². The molecule has 0 unspecified atom stereocenters. The maximum absolute atomic E-state index is 12.2. The first-order valence-corrected chi connectivity index (χ1v) is 8.31. The minimum atomic E-state index is -0.522. The van der Waals surface area contributed by atoms with Crippen LogP contribution in [0.2, 0.25) is 5.02 Å². The summed E-state index contributed by atoms with van der Waals surface area (Å²) in [5.41, 5.74) is 1.28. The molecule has 2 rings (SSSR count). The van der Waals surface area contributed by atoms with Crippen molar-refractivity contribution >= 4 is 17.5 Å². The molecule has 0 fully saturated rings. The number of nitrogens with one attached hydrogen (secondary N) is 1. The Bertz CT molecular complexity index is 616. The fraction of sp³-hybridized carbons (Fsp3) is 0.316. The largest absolute Gasteiger partial charge is 0.479 e. The summed E-state index contributed by atoms with van der Waals surface area (Å²) in [6.45, 7) is 2.56. The van der Waals surface area contributed by atoms with Gasteiger partial charge in [-0.15, -0.1) is 0 Å². The van der Waals surface area contributed by atoms with E-state index in [1.54, 1.807) is 12.1 Å². The first kappa shape index (κ1) is 17.4. The fourth-order valence-electron chi connectivity index (χ4n) is 2.28. The smallest absolute Gasteiger partial charge is 0.261 e. The van der Waals surface area contributed by atoms with Gasteiger partial charge in [-0.25, -0.2) is 0 Å². The third kappa shape index (κ3) is 5.61. The van der Waals surface area contributed by atoms with Crippen molar-refractivity contribution in [1.82, 2.24) is 5.32 Å². The number of rotatable bonds is 8. The Hall–Kier alpha value is -2.00. The van der Waals surface area contributed by atoms with Gasteiger partial charge in [-0.2, -0.15) is 0 Å². The summed E-state index contributed by atoms with van der Waals surface area (Å²) in [5, 5.41) is 3.45. The second-order valence-electron chi connectivity index (χ2n) is 5.33. The summed E-state index contributed by atoms with van der Waals surface area (Å²) in [6.07, 6.45) is 1.92. The lowest BCUT2D eigenvalue weighted by molar-refractivity contribution is -0.128. The molecule has 0 saturated heterocycles. The zero-order valence-corrected chi connectivity index (χ0v) is 14.1. The summed E-state index contributed by atoms with van der Waals surface area (Å²) in [4.78, 5) is 12.2. The topological polar surface area (TPSA) is 38.3 Å². The van der Waals surface area contributed by atoms with Gasteiger partial charge >= 0.3 is 0 Å². The number of halogens is 1. The molecule has 2 aromatic carbocycles. The highest BCUT2D eigenvalue weighted by atomic mass is 35.5. The highest BCUT2D eigenvalue weighted by Crippen LogP contribution is 2.24. The van der Waals surface area contributed by atoms with E-state index in [1.807, 2.05) is 37.3 Å². The van der Waals surface area contributed by atoms with E-state index in [2.05, 4.69) is 17.4 Å². The molecule has 0 saturated carbocycles. The highest BCUT2D eigenvalue weighted by Gasteiger charge is 2.18. The summed E-state index contributed by atoms with van der Waals surface area (Å²) in [7, 11) is 0. The second kappa shape index (κ2) is 9.21. The Balaban J connectivity index is 1.77. The maximum Gasteiger partial charge on any atom is 0.261 e. The monoisotopic (exact) mass is 331 g/mol. The lowest BCUT2D eigenvalue weighted by Crippen LogP contribution is -2.38. The molecule has 0 aromatic heterocycles. The molecular weight excluding hydrogens is 310 g/mol. The van der Waals surface area contributed by atoms with E-state index in [9.17, 15) is 4.79 Å². The van der Waals surface area contributed by atoms with Crippen LogP contribution in [0.4, 0.5) is 0 Å². The fourth-order valence-corrected chi connectivity index (χ4v) is 2.46. The normalized spacial score (nSPS) is 11.7. The zero-order chi connectivity index (χ0) is 16.5. The Morgan fingerprint density at radius 3 is 2.52 bits per heavy atom. The lowest BCUT2D eigenvalue weighted by Gasteiger charge is -2.18. The van der Waals surface area contributed by atoms with Gasteiger partial charge in [0.05, 0.1) is 5.02 Å². The van der Waals surface area contributed by atoms with E-state index in [-0.39, 0.29) is 5.91 Å². The maximum atomic E-state index is 12.2. The second-order valence-corrected chi connectivity index (χ2v) is 5.73. The van der Waals surface area contributed by atoms with Gasteiger partial charge in [-0.1, -0.05) is 61.0 Å². The number of para-hydroxylation sites is 1. The predicted molar refractivity (Wildman–Crippen MR) is 93.9 cm³/mol. The van der Waals surface area contributed by atoms with E-state index in [1.165, 1.54) is 5.56 Å². The molecule has 0 bridgehead atoms. The number of benzene rings is 2. The summed E-state index contributed by atoms with van der Waals surface area (Å²) in [6, 6.07) is 17.4. The van der Waals surface area contributed by atoms with Gasteiger partial charge in [0, 0.05) is 6.54 Å². The molecule has 0 heterocycles. The Kier molecular flexibility index (Phi) is 6.95. The molecule has 4 heteroatoms. The number of hydrogen-bond donors (Lipinski definition) is 1. The van der Waals surface area contributed by atoms with Gasteiger partial charge in [0.25, 0.3) is 5.91 Å². The number of carbonyl (C=O) groups excluding carboxylic acids is 1. The van der Waals surface area contributed by atoms with Crippen LogP contribution >= 0.6 is 11.6 Å². The molecule has 0 aliphatic carbocycles. The standard InChI is InChI=1S/C19H22ClNO2/c1-2-17(23-18-13-7-6-12-16(18)20)19(22)21-14-8-11-15-9-4-3-5-10-15/h3-7,9-10,12-13,17H,2,8,11,14H2,1H3,(H,21,22)/t17-/m1/s1. The molecule has 0 aliphatic rings. The van der Waals surface area contributed by atoms with E-state index in [0.717, 1.165) is 12.8 Å². The summed E-state index contributed by atoms with van der Waals surface area (Å²) < 4.78 is 5.73. The average molecular weight is 332 g/mol. The lowest BCUT2D eigenvalue weighted by atomic mass is 10.1. The molecular formula is C19H22ClNO2. The van der Waals surface area contributed by atoms with Crippen LogP contribution in [0.15, 0.2) is 54.6 Å². The van der Waals surface area contributed by atoms with Crippen molar-refractivity contribution in [2.45, 2.75) is 32.3 Å². The van der Waals surface area contributed by atoms with Gasteiger partial charge in [-0.05, 0) is 37.0 Å². The molecule has 3 nitrogen and oxygen atoms in total. The Labute approximate surface area is 142 Å². The molecule has 1 amide bonds. The minimum absolute atomic E-state index is 0.0968. The number of amides is 1. The third-order valence-electron chi connectivity index (χ3n) is 3.55. The van der Waals surface area contributed by atoms with Crippen molar-refractivity contribution in [3.63, 3.8) is 0 Å². The molecule has 122 valence electrons. The molecule has 0 radical (unpaired) electrons. The van der Waals surface area contributed by atoms with Crippen LogP contribution in [0.5, 0.6) is 5.75 Å². The van der Waals surface area contributed by atoms with Gasteiger partial charge < -0.3 is 10.1 Å². The minimum Gasteiger partial charge on any atom is -0.479 e. The van der Waals surface area contributed by atoms with Gasteiger partial charge in [0.15, 0.2) is 6.10 Å². The van der Waals surface area contributed by atoms with Crippen LogP contribution in [0.3, 0.4) is 0 Å². The van der Waals surface area contributed by atoms with E-state index in [4.69, 9.17) is 16.3 Å². The molecule has 0 spiro atoms. The molecule has 0 aliphatic heterocycles. The van der Waals surface area contributed by atoms with Crippen LogP contribution in [0, 0.1) is 0 Å². The van der Waals surface area contributed by atoms with E-state index < -0.39 is 6.10 Å². The number of ether oxygens (including phenoxy) is 1. The molecule has 1 atom stereocenters. The average Bonchev–Trinajstić information content (AvgIpc) is 2.59. The third-order valence-corrected chi connectivity index (χ3v) is 3.87. The molecule has 2 aromatic rings. The van der Waals surface area contributed by atoms with E-state index >= 15 is 0 Å². The van der Waals surface area contributed by atoms with Crippen molar-refractivity contribution < 1.29 is 9.53 Å². The first-order chi connectivity index (χ1) is 11.2. The van der Waals surface area contributed by atoms with Crippen molar-refractivity contribution in [1.29, 1.82) is 0 Å². The van der Waals surface area contributed by atoms with Crippen LogP contribution in [0.25, 0.3) is 0 Å². The quantitative estimate of drug-likeness (QED) is 0.734. The summed E-state index contributed by atoms with van der Waals surface area (Å²) in [5.74, 6) is 0.445. The van der Waals surface area contributed by atoms with Gasteiger partial charge in [0.1, 0.15) is 5.75 Å². The summed E-state index contributed by atoms with van der Waals surface area (Å²) >= 11 is 6.07. The number of hydrogen-bond acceptors (Lipinski definition) is 2. The van der Waals surface area contributed by atoms with E-state index in [0.29, 0.717) is 23.7 Å². The first-order valence-electron chi connectivity index (χ1n) is 7.93. The van der Waals surface area contributed by atoms with Crippen molar-refractivity contribution in [2.24, 2.45) is 0 Å². The number of aryl methyl sites for hydroxylation is 1. The SMILES string of the molecule is CC[C@@H](Oc1ccccc1Cl)C(=O)NCCCc1ccccc1. The highest BCUT2D eigenvalue weighted by molar-refractivity contribution is 6.32. The molecule has 1 N–H and O–H groups in total. The van der Waals surface area contributed by atoms with Crippen LogP contribution in [-0.2, 0) is 11.2 Å².